The Morgan fingerprint density at radius 2 is 1.85 bits per heavy atom. The van der Waals surface area contributed by atoms with E-state index in [1.165, 1.54) is 5.56 Å². The van der Waals surface area contributed by atoms with E-state index in [4.69, 9.17) is 0 Å². The van der Waals surface area contributed by atoms with Gasteiger partial charge in [-0.3, -0.25) is 0 Å². The summed E-state index contributed by atoms with van der Waals surface area (Å²) in [5.74, 6) is -1.60. The zero-order valence-electron chi connectivity index (χ0n) is 11.0. The normalized spacial score (nSPS) is 13.2. The van der Waals surface area contributed by atoms with Crippen molar-refractivity contribution >= 4 is 22.2 Å². The standard InChI is InChI=1S/C13H14F3N3S/c1-3-9-4-6-10(7-5-9)17-12-19-18-11(20-12)8(2)13(14,15)16/h4-8H,3H2,1-2H3,(H,17,19). The number of rotatable bonds is 4. The molecule has 0 aliphatic rings. The van der Waals surface area contributed by atoms with Crippen LogP contribution in [0.25, 0.3) is 0 Å². The number of hydrogen-bond donors (Lipinski definition) is 1. The maximum Gasteiger partial charge on any atom is 0.397 e. The van der Waals surface area contributed by atoms with Crippen LogP contribution in [-0.2, 0) is 6.42 Å². The highest BCUT2D eigenvalue weighted by molar-refractivity contribution is 7.15. The summed E-state index contributed by atoms with van der Waals surface area (Å²) in [7, 11) is 0. The number of alkyl halides is 3. The van der Waals surface area contributed by atoms with Gasteiger partial charge in [0, 0.05) is 5.69 Å². The smallest absolute Gasteiger partial charge is 0.330 e. The Kier molecular flexibility index (Phi) is 4.27. The number of anilines is 2. The molecule has 0 radical (unpaired) electrons. The van der Waals surface area contributed by atoms with E-state index in [1.54, 1.807) is 0 Å². The third kappa shape index (κ3) is 3.47. The number of halogens is 3. The molecule has 1 N–H and O–H groups in total. The van der Waals surface area contributed by atoms with Gasteiger partial charge >= 0.3 is 6.18 Å². The van der Waals surface area contributed by atoms with Crippen LogP contribution < -0.4 is 5.32 Å². The van der Waals surface area contributed by atoms with E-state index < -0.39 is 12.1 Å². The number of aromatic nitrogens is 2. The van der Waals surface area contributed by atoms with Crippen molar-refractivity contribution in [3.63, 3.8) is 0 Å². The number of aryl methyl sites for hydroxylation is 1. The van der Waals surface area contributed by atoms with Crippen molar-refractivity contribution in [2.45, 2.75) is 32.4 Å². The largest absolute Gasteiger partial charge is 0.397 e. The van der Waals surface area contributed by atoms with Crippen LogP contribution in [0.5, 0.6) is 0 Å². The molecule has 0 amide bonds. The molecule has 7 heteroatoms. The minimum atomic E-state index is -4.29. The molecule has 0 bridgehead atoms. The first-order chi connectivity index (χ1) is 9.40. The Labute approximate surface area is 118 Å². The van der Waals surface area contributed by atoms with Crippen molar-refractivity contribution in [3.8, 4) is 0 Å². The highest BCUT2D eigenvalue weighted by Gasteiger charge is 2.39. The molecular formula is C13H14F3N3S. The van der Waals surface area contributed by atoms with E-state index in [-0.39, 0.29) is 5.01 Å². The lowest BCUT2D eigenvalue weighted by Gasteiger charge is -2.11. The topological polar surface area (TPSA) is 37.8 Å². The van der Waals surface area contributed by atoms with Crippen molar-refractivity contribution < 1.29 is 13.2 Å². The van der Waals surface area contributed by atoms with Gasteiger partial charge in [0.15, 0.2) is 0 Å². The van der Waals surface area contributed by atoms with Gasteiger partial charge in [0.1, 0.15) is 10.9 Å². The molecule has 0 saturated carbocycles. The lowest BCUT2D eigenvalue weighted by molar-refractivity contribution is -0.146. The minimum Gasteiger partial charge on any atom is -0.330 e. The maximum atomic E-state index is 12.6. The van der Waals surface area contributed by atoms with E-state index in [2.05, 4.69) is 22.4 Å². The van der Waals surface area contributed by atoms with Crippen LogP contribution >= 0.6 is 11.3 Å². The Hall–Kier alpha value is -1.63. The molecule has 1 unspecified atom stereocenters. The van der Waals surface area contributed by atoms with Gasteiger partial charge in [0.25, 0.3) is 0 Å². The number of nitrogens with one attached hydrogen (secondary N) is 1. The molecule has 0 spiro atoms. The van der Waals surface area contributed by atoms with Crippen LogP contribution in [0.3, 0.4) is 0 Å². The van der Waals surface area contributed by atoms with Crippen molar-refractivity contribution in [1.29, 1.82) is 0 Å². The van der Waals surface area contributed by atoms with Crippen molar-refractivity contribution in [1.82, 2.24) is 10.2 Å². The predicted octanol–water partition coefficient (Wildman–Crippen LogP) is 4.51. The summed E-state index contributed by atoms with van der Waals surface area (Å²) >= 11 is 0.919. The van der Waals surface area contributed by atoms with Crippen LogP contribution in [0, 0.1) is 0 Å². The third-order valence-electron chi connectivity index (χ3n) is 2.92. The first-order valence-electron chi connectivity index (χ1n) is 6.16. The van der Waals surface area contributed by atoms with Gasteiger partial charge in [0.05, 0.1) is 0 Å². The molecule has 1 aromatic carbocycles. The molecule has 0 aliphatic carbocycles. The zero-order chi connectivity index (χ0) is 14.8. The quantitative estimate of drug-likeness (QED) is 0.903. The fourth-order valence-electron chi connectivity index (χ4n) is 1.55. The van der Waals surface area contributed by atoms with Crippen LogP contribution in [-0.4, -0.2) is 16.4 Å². The number of benzene rings is 1. The Morgan fingerprint density at radius 1 is 1.20 bits per heavy atom. The molecule has 0 fully saturated rings. The molecule has 20 heavy (non-hydrogen) atoms. The molecule has 108 valence electrons. The second-order valence-corrected chi connectivity index (χ2v) is 5.39. The second kappa shape index (κ2) is 5.78. The molecule has 2 rings (SSSR count). The van der Waals surface area contributed by atoms with Crippen LogP contribution in [0.2, 0.25) is 0 Å². The van der Waals surface area contributed by atoms with Gasteiger partial charge in [-0.15, -0.1) is 10.2 Å². The van der Waals surface area contributed by atoms with Gasteiger partial charge in [0.2, 0.25) is 5.13 Å². The van der Waals surface area contributed by atoms with E-state index in [1.807, 2.05) is 24.3 Å². The monoisotopic (exact) mass is 301 g/mol. The first kappa shape index (κ1) is 14.8. The molecule has 3 nitrogen and oxygen atoms in total. The minimum absolute atomic E-state index is 0.0369. The summed E-state index contributed by atoms with van der Waals surface area (Å²) in [4.78, 5) is 0. The molecule has 0 aliphatic heterocycles. The highest BCUT2D eigenvalue weighted by Crippen LogP contribution is 2.36. The first-order valence-corrected chi connectivity index (χ1v) is 6.98. The number of nitrogens with zero attached hydrogens (tertiary/aromatic N) is 2. The molecule has 2 aromatic rings. The molecule has 1 atom stereocenters. The van der Waals surface area contributed by atoms with Crippen LogP contribution in [0.1, 0.15) is 30.3 Å². The SMILES string of the molecule is CCc1ccc(Nc2nnc(C(C)C(F)(F)F)s2)cc1. The summed E-state index contributed by atoms with van der Waals surface area (Å²) in [6, 6.07) is 7.66. The van der Waals surface area contributed by atoms with E-state index in [0.29, 0.717) is 5.13 Å². The van der Waals surface area contributed by atoms with Crippen LogP contribution in [0.15, 0.2) is 24.3 Å². The van der Waals surface area contributed by atoms with Crippen molar-refractivity contribution in [3.05, 3.63) is 34.8 Å². The maximum absolute atomic E-state index is 12.6. The van der Waals surface area contributed by atoms with E-state index in [0.717, 1.165) is 30.4 Å². The summed E-state index contributed by atoms with van der Waals surface area (Å²) in [6.45, 7) is 3.14. The van der Waals surface area contributed by atoms with Gasteiger partial charge in [-0.05, 0) is 31.0 Å². The average molecular weight is 301 g/mol. The zero-order valence-corrected chi connectivity index (χ0v) is 11.8. The Morgan fingerprint density at radius 3 is 2.40 bits per heavy atom. The fourth-order valence-corrected chi connectivity index (χ4v) is 2.39. The van der Waals surface area contributed by atoms with Crippen molar-refractivity contribution in [2.75, 3.05) is 5.32 Å². The average Bonchev–Trinajstić information content (AvgIpc) is 2.86. The fraction of sp³-hybridized carbons (Fsp3) is 0.385. The lowest BCUT2D eigenvalue weighted by atomic mass is 10.1. The van der Waals surface area contributed by atoms with E-state index >= 15 is 0 Å². The van der Waals surface area contributed by atoms with Gasteiger partial charge in [-0.2, -0.15) is 13.2 Å². The van der Waals surface area contributed by atoms with Crippen molar-refractivity contribution in [2.24, 2.45) is 0 Å². The van der Waals surface area contributed by atoms with Gasteiger partial charge in [-0.1, -0.05) is 30.4 Å². The Balaban J connectivity index is 2.09. The molecule has 0 saturated heterocycles. The van der Waals surface area contributed by atoms with Gasteiger partial charge in [-0.25, -0.2) is 0 Å². The summed E-state index contributed by atoms with van der Waals surface area (Å²) < 4.78 is 37.7. The lowest BCUT2D eigenvalue weighted by Crippen LogP contribution is -2.17. The van der Waals surface area contributed by atoms with Gasteiger partial charge < -0.3 is 5.32 Å². The predicted molar refractivity (Wildman–Crippen MR) is 73.5 cm³/mol. The second-order valence-electron chi connectivity index (χ2n) is 4.38. The van der Waals surface area contributed by atoms with E-state index in [9.17, 15) is 13.2 Å². The number of hydrogen-bond acceptors (Lipinski definition) is 4. The van der Waals surface area contributed by atoms with Crippen LogP contribution in [0.4, 0.5) is 24.0 Å². The Bertz CT molecular complexity index is 563. The molecule has 1 aromatic heterocycles. The summed E-state index contributed by atoms with van der Waals surface area (Å²) in [6.07, 6.45) is -3.36. The summed E-state index contributed by atoms with van der Waals surface area (Å²) in [5.41, 5.74) is 1.98. The third-order valence-corrected chi connectivity index (χ3v) is 3.94. The molecule has 1 heterocycles. The molecular weight excluding hydrogens is 287 g/mol. The highest BCUT2D eigenvalue weighted by atomic mass is 32.1. The summed E-state index contributed by atoms with van der Waals surface area (Å²) in [5, 5.41) is 10.6.